The molecule has 0 aliphatic carbocycles. The highest BCUT2D eigenvalue weighted by Gasteiger charge is 2.17. The van der Waals surface area contributed by atoms with E-state index in [1.54, 1.807) is 16.3 Å². The molecule has 0 aliphatic heterocycles. The molecule has 0 aliphatic rings. The number of imidazole rings is 1. The highest BCUT2D eigenvalue weighted by molar-refractivity contribution is 7.98. The Balaban J connectivity index is 1.62. The summed E-state index contributed by atoms with van der Waals surface area (Å²) in [6.45, 7) is 5.47. The largest absolute Gasteiger partial charge is 0.319 e. The van der Waals surface area contributed by atoms with Crippen molar-refractivity contribution in [1.29, 1.82) is 0 Å². The van der Waals surface area contributed by atoms with Gasteiger partial charge >= 0.3 is 0 Å². The second kappa shape index (κ2) is 7.04. The Morgan fingerprint density at radius 3 is 2.41 bits per heavy atom. The summed E-state index contributed by atoms with van der Waals surface area (Å²) in [5.74, 6) is 1.99. The molecule has 3 heterocycles. The van der Waals surface area contributed by atoms with E-state index < -0.39 is 0 Å². The summed E-state index contributed by atoms with van der Waals surface area (Å²) in [7, 11) is 0. The van der Waals surface area contributed by atoms with E-state index in [1.807, 2.05) is 53.8 Å². The molecule has 3 aromatic heterocycles. The van der Waals surface area contributed by atoms with Gasteiger partial charge < -0.3 is 4.57 Å². The molecular weight excluding hydrogens is 384 g/mol. The van der Waals surface area contributed by atoms with Gasteiger partial charge in [-0.05, 0) is 38.1 Å². The molecule has 0 atom stereocenters. The summed E-state index contributed by atoms with van der Waals surface area (Å²) in [5, 5.41) is 10.4. The number of benzene rings is 2. The van der Waals surface area contributed by atoms with E-state index >= 15 is 0 Å². The number of para-hydroxylation sites is 3. The Bertz CT molecular complexity index is 1410. The molecule has 146 valence electrons. The smallest absolute Gasteiger partial charge is 0.262 e. The van der Waals surface area contributed by atoms with Gasteiger partial charge in [0.25, 0.3) is 5.56 Å². The van der Waals surface area contributed by atoms with Gasteiger partial charge in [0.05, 0.1) is 27.7 Å². The Hall–Kier alpha value is -3.13. The molecule has 0 fully saturated rings. The lowest BCUT2D eigenvalue weighted by atomic mass is 10.2. The molecular formula is C21H20N6OS. The van der Waals surface area contributed by atoms with E-state index in [1.165, 1.54) is 0 Å². The van der Waals surface area contributed by atoms with Crippen molar-refractivity contribution >= 4 is 39.5 Å². The van der Waals surface area contributed by atoms with Crippen LogP contribution in [0.5, 0.6) is 0 Å². The fourth-order valence-corrected chi connectivity index (χ4v) is 4.78. The summed E-state index contributed by atoms with van der Waals surface area (Å²) >= 11 is 1.64. The van der Waals surface area contributed by atoms with E-state index in [-0.39, 0.29) is 5.56 Å². The minimum absolute atomic E-state index is 0.0324. The fourth-order valence-electron chi connectivity index (χ4n) is 3.79. The third-order valence-electron chi connectivity index (χ3n) is 5.16. The second-order valence-corrected chi connectivity index (χ2v) is 7.68. The van der Waals surface area contributed by atoms with Gasteiger partial charge in [0.2, 0.25) is 5.78 Å². The minimum atomic E-state index is -0.0324. The second-order valence-electron chi connectivity index (χ2n) is 6.73. The molecule has 5 aromatic rings. The van der Waals surface area contributed by atoms with Crippen molar-refractivity contribution in [2.24, 2.45) is 0 Å². The van der Waals surface area contributed by atoms with Crippen LogP contribution in [0.3, 0.4) is 0 Å². The van der Waals surface area contributed by atoms with Gasteiger partial charge in [-0.25, -0.2) is 4.98 Å². The molecule has 8 heteroatoms. The lowest BCUT2D eigenvalue weighted by Crippen LogP contribution is -2.22. The van der Waals surface area contributed by atoms with Gasteiger partial charge in [0, 0.05) is 13.1 Å². The van der Waals surface area contributed by atoms with Crippen LogP contribution in [0, 0.1) is 0 Å². The van der Waals surface area contributed by atoms with Gasteiger partial charge in [-0.15, -0.1) is 10.2 Å². The number of fused-ring (bicyclic) bond motifs is 4. The number of rotatable bonds is 5. The molecule has 0 amide bonds. The zero-order valence-corrected chi connectivity index (χ0v) is 17.1. The zero-order valence-electron chi connectivity index (χ0n) is 16.2. The average molecular weight is 404 g/mol. The first-order valence-electron chi connectivity index (χ1n) is 9.66. The molecule has 0 radical (unpaired) electrons. The number of thioether (sulfide) groups is 1. The van der Waals surface area contributed by atoms with E-state index in [0.717, 1.165) is 34.1 Å². The number of nitrogens with zero attached hydrogens (tertiary/aromatic N) is 6. The fraction of sp³-hybridized carbons (Fsp3) is 0.238. The molecule has 0 unspecified atom stereocenters. The van der Waals surface area contributed by atoms with Crippen LogP contribution in [0.1, 0.15) is 19.7 Å². The predicted molar refractivity (Wildman–Crippen MR) is 115 cm³/mol. The third kappa shape index (κ3) is 2.74. The van der Waals surface area contributed by atoms with Crippen LogP contribution < -0.4 is 5.56 Å². The molecule has 7 nitrogen and oxygen atoms in total. The molecule has 0 saturated heterocycles. The van der Waals surface area contributed by atoms with Crippen LogP contribution in [-0.2, 0) is 18.8 Å². The molecule has 0 spiro atoms. The van der Waals surface area contributed by atoms with Gasteiger partial charge in [-0.3, -0.25) is 13.8 Å². The molecule has 2 aromatic carbocycles. The summed E-state index contributed by atoms with van der Waals surface area (Å²) in [4.78, 5) is 17.6. The topological polar surface area (TPSA) is 70.0 Å². The SMILES string of the molecule is CCn1c(SCc2nnc3n(CC)c(=O)c4ccccc4n23)nc2ccccc21. The maximum Gasteiger partial charge on any atom is 0.262 e. The van der Waals surface area contributed by atoms with Crippen LogP contribution in [0.2, 0.25) is 0 Å². The van der Waals surface area contributed by atoms with Crippen LogP contribution in [0.15, 0.2) is 58.5 Å². The van der Waals surface area contributed by atoms with Crippen molar-refractivity contribution in [1.82, 2.24) is 28.7 Å². The van der Waals surface area contributed by atoms with Crippen LogP contribution in [0.25, 0.3) is 27.7 Å². The van der Waals surface area contributed by atoms with Crippen molar-refractivity contribution in [3.05, 3.63) is 64.7 Å². The molecule has 0 bridgehead atoms. The first-order chi connectivity index (χ1) is 14.2. The summed E-state index contributed by atoms with van der Waals surface area (Å²) < 4.78 is 5.88. The highest BCUT2D eigenvalue weighted by Crippen LogP contribution is 2.27. The van der Waals surface area contributed by atoms with Crippen molar-refractivity contribution < 1.29 is 0 Å². The van der Waals surface area contributed by atoms with Gasteiger partial charge in [0.1, 0.15) is 5.82 Å². The summed E-state index contributed by atoms with van der Waals surface area (Å²) in [5.41, 5.74) is 2.93. The van der Waals surface area contributed by atoms with E-state index in [2.05, 4.69) is 27.8 Å². The normalized spacial score (nSPS) is 11.8. The Morgan fingerprint density at radius 2 is 1.62 bits per heavy atom. The summed E-state index contributed by atoms with van der Waals surface area (Å²) in [6.07, 6.45) is 0. The van der Waals surface area contributed by atoms with Crippen molar-refractivity contribution in [3.8, 4) is 0 Å². The Kier molecular flexibility index (Phi) is 4.35. The Labute approximate surface area is 171 Å². The highest BCUT2D eigenvalue weighted by atomic mass is 32.2. The van der Waals surface area contributed by atoms with E-state index in [0.29, 0.717) is 23.5 Å². The molecule has 0 saturated carbocycles. The standard InChI is InChI=1S/C21H20N6OS/c1-3-25-17-12-8-6-10-15(17)22-21(25)29-13-18-23-24-20-26(4-2)19(28)14-9-5-7-11-16(14)27(18)20/h5-12H,3-4,13H2,1-2H3. The van der Waals surface area contributed by atoms with Gasteiger partial charge in [-0.2, -0.15) is 0 Å². The first kappa shape index (κ1) is 17.9. The van der Waals surface area contributed by atoms with Gasteiger partial charge in [-0.1, -0.05) is 36.0 Å². The van der Waals surface area contributed by atoms with Crippen LogP contribution >= 0.6 is 11.8 Å². The van der Waals surface area contributed by atoms with Crippen molar-refractivity contribution in [3.63, 3.8) is 0 Å². The minimum Gasteiger partial charge on any atom is -0.319 e. The Morgan fingerprint density at radius 1 is 0.897 bits per heavy atom. The number of hydrogen-bond acceptors (Lipinski definition) is 5. The third-order valence-corrected chi connectivity index (χ3v) is 6.13. The number of hydrogen-bond donors (Lipinski definition) is 0. The maximum atomic E-state index is 12.8. The van der Waals surface area contributed by atoms with Crippen molar-refractivity contribution in [2.45, 2.75) is 37.8 Å². The average Bonchev–Trinajstić information content (AvgIpc) is 3.33. The molecule has 29 heavy (non-hydrogen) atoms. The van der Waals surface area contributed by atoms with Gasteiger partial charge in [0.15, 0.2) is 5.16 Å². The van der Waals surface area contributed by atoms with E-state index in [4.69, 9.17) is 4.98 Å². The number of aromatic nitrogens is 6. The lowest BCUT2D eigenvalue weighted by molar-refractivity contribution is 0.702. The quantitative estimate of drug-likeness (QED) is 0.418. The first-order valence-corrected chi connectivity index (χ1v) is 10.6. The van der Waals surface area contributed by atoms with Crippen LogP contribution in [0.4, 0.5) is 0 Å². The van der Waals surface area contributed by atoms with Crippen molar-refractivity contribution in [2.75, 3.05) is 0 Å². The van der Waals surface area contributed by atoms with Crippen LogP contribution in [-0.4, -0.2) is 28.7 Å². The van der Waals surface area contributed by atoms with E-state index in [9.17, 15) is 4.79 Å². The lowest BCUT2D eigenvalue weighted by Gasteiger charge is -2.09. The summed E-state index contributed by atoms with van der Waals surface area (Å²) in [6, 6.07) is 15.8. The molecule has 0 N–H and O–H groups in total. The monoisotopic (exact) mass is 404 g/mol. The number of aryl methyl sites for hydroxylation is 2. The maximum absolute atomic E-state index is 12.8. The predicted octanol–water partition coefficient (Wildman–Crippen LogP) is 3.73. The molecule has 5 rings (SSSR count). The zero-order chi connectivity index (χ0) is 20.0.